The molecule has 2 saturated carbocycles. The molecule has 3 N–H and O–H groups in total. The Morgan fingerprint density at radius 2 is 2.00 bits per heavy atom. The predicted molar refractivity (Wildman–Crippen MR) is 44.1 cm³/mol. The lowest BCUT2D eigenvalue weighted by molar-refractivity contribution is -0.0552. The average molecular weight is 155 g/mol. The molecule has 0 bridgehead atoms. The van der Waals surface area contributed by atoms with Crippen molar-refractivity contribution in [2.24, 2.45) is 11.7 Å². The molecule has 0 radical (unpaired) electrons. The summed E-state index contributed by atoms with van der Waals surface area (Å²) < 4.78 is 0. The highest BCUT2D eigenvalue weighted by Gasteiger charge is 2.41. The molecular weight excluding hydrogens is 138 g/mol. The van der Waals surface area contributed by atoms with Gasteiger partial charge in [-0.15, -0.1) is 0 Å². The van der Waals surface area contributed by atoms with E-state index in [2.05, 4.69) is 0 Å². The molecule has 11 heavy (non-hydrogen) atoms. The van der Waals surface area contributed by atoms with Crippen LogP contribution in [-0.4, -0.2) is 16.7 Å². The summed E-state index contributed by atoms with van der Waals surface area (Å²) in [6, 6.07) is 0.277. The van der Waals surface area contributed by atoms with E-state index in [1.54, 1.807) is 0 Å². The molecule has 64 valence electrons. The quantitative estimate of drug-likeness (QED) is 0.639. The van der Waals surface area contributed by atoms with Crippen LogP contribution in [0.2, 0.25) is 0 Å². The van der Waals surface area contributed by atoms with Crippen molar-refractivity contribution in [1.29, 1.82) is 0 Å². The maximum absolute atomic E-state index is 9.78. The van der Waals surface area contributed by atoms with Crippen LogP contribution in [0.15, 0.2) is 0 Å². The summed E-state index contributed by atoms with van der Waals surface area (Å²) >= 11 is 0. The van der Waals surface area contributed by atoms with Crippen molar-refractivity contribution in [3.05, 3.63) is 0 Å². The summed E-state index contributed by atoms with van der Waals surface area (Å²) in [5.41, 5.74) is 5.26. The van der Waals surface area contributed by atoms with Crippen LogP contribution in [0, 0.1) is 5.92 Å². The molecule has 0 aliphatic heterocycles. The van der Waals surface area contributed by atoms with Crippen molar-refractivity contribution in [3.63, 3.8) is 0 Å². The standard InChI is InChI=1S/C9H17NO/c10-8-5-9(11,6-8)4-3-7-1-2-7/h7-8,11H,1-6,10H2. The summed E-state index contributed by atoms with van der Waals surface area (Å²) in [4.78, 5) is 0. The highest BCUT2D eigenvalue weighted by Crippen LogP contribution is 2.40. The molecule has 2 heteroatoms. The second kappa shape index (κ2) is 2.46. The molecule has 2 aliphatic carbocycles. The van der Waals surface area contributed by atoms with Gasteiger partial charge in [-0.1, -0.05) is 12.8 Å². The molecule has 2 aliphatic rings. The van der Waals surface area contributed by atoms with Gasteiger partial charge in [0.05, 0.1) is 5.60 Å². The summed E-state index contributed by atoms with van der Waals surface area (Å²) in [7, 11) is 0. The fourth-order valence-corrected chi connectivity index (χ4v) is 2.00. The van der Waals surface area contributed by atoms with Gasteiger partial charge < -0.3 is 10.8 Å². The Bertz CT molecular complexity index is 148. The Kier molecular flexibility index (Phi) is 1.69. The number of aliphatic hydroxyl groups is 1. The monoisotopic (exact) mass is 155 g/mol. The lowest BCUT2D eigenvalue weighted by Crippen LogP contribution is -2.51. The van der Waals surface area contributed by atoms with E-state index in [4.69, 9.17) is 5.73 Å². The van der Waals surface area contributed by atoms with Crippen LogP contribution >= 0.6 is 0 Å². The van der Waals surface area contributed by atoms with E-state index in [0.717, 1.165) is 25.2 Å². The van der Waals surface area contributed by atoms with Crippen LogP contribution in [0.1, 0.15) is 38.5 Å². The molecule has 0 spiro atoms. The third-order valence-electron chi connectivity index (χ3n) is 3.00. The lowest BCUT2D eigenvalue weighted by atomic mass is 9.73. The average Bonchev–Trinajstić information content (AvgIpc) is 2.62. The second-order valence-electron chi connectivity index (χ2n) is 4.37. The molecule has 0 saturated heterocycles. The zero-order valence-corrected chi connectivity index (χ0v) is 6.92. The molecule has 0 atom stereocenters. The Balaban J connectivity index is 1.68. The third kappa shape index (κ3) is 1.74. The number of nitrogens with two attached hydrogens (primary N) is 1. The zero-order chi connectivity index (χ0) is 7.90. The van der Waals surface area contributed by atoms with Gasteiger partial charge in [-0.2, -0.15) is 0 Å². The van der Waals surface area contributed by atoms with Crippen molar-refractivity contribution in [1.82, 2.24) is 0 Å². The van der Waals surface area contributed by atoms with Gasteiger partial charge in [0.1, 0.15) is 0 Å². The molecule has 2 nitrogen and oxygen atoms in total. The first kappa shape index (κ1) is 7.56. The van der Waals surface area contributed by atoms with Gasteiger partial charge in [0, 0.05) is 6.04 Å². The molecular formula is C9H17NO. The van der Waals surface area contributed by atoms with Gasteiger partial charge in [-0.05, 0) is 31.6 Å². The van der Waals surface area contributed by atoms with Crippen LogP contribution in [0.3, 0.4) is 0 Å². The van der Waals surface area contributed by atoms with E-state index < -0.39 is 0 Å². The topological polar surface area (TPSA) is 46.2 Å². The SMILES string of the molecule is NC1CC(O)(CCC2CC2)C1. The molecule has 2 fully saturated rings. The molecule has 0 heterocycles. The molecule has 0 aromatic carbocycles. The van der Waals surface area contributed by atoms with Gasteiger partial charge in [0.2, 0.25) is 0 Å². The van der Waals surface area contributed by atoms with Gasteiger partial charge in [0.15, 0.2) is 0 Å². The second-order valence-corrected chi connectivity index (χ2v) is 4.37. The van der Waals surface area contributed by atoms with Crippen molar-refractivity contribution in [3.8, 4) is 0 Å². The minimum Gasteiger partial charge on any atom is -0.390 e. The van der Waals surface area contributed by atoms with Crippen molar-refractivity contribution in [2.75, 3.05) is 0 Å². The minimum absolute atomic E-state index is 0.277. The fraction of sp³-hybridized carbons (Fsp3) is 1.00. The van der Waals surface area contributed by atoms with Gasteiger partial charge >= 0.3 is 0 Å². The summed E-state index contributed by atoms with van der Waals surface area (Å²) in [6.07, 6.45) is 6.66. The maximum atomic E-state index is 9.78. The van der Waals surface area contributed by atoms with Crippen LogP contribution in [0.5, 0.6) is 0 Å². The fourth-order valence-electron chi connectivity index (χ4n) is 2.00. The first-order valence-electron chi connectivity index (χ1n) is 4.66. The smallest absolute Gasteiger partial charge is 0.0677 e. The molecule has 2 rings (SSSR count). The predicted octanol–water partition coefficient (Wildman–Crippen LogP) is 1.03. The van der Waals surface area contributed by atoms with Crippen molar-refractivity contribution < 1.29 is 5.11 Å². The summed E-state index contributed by atoms with van der Waals surface area (Å²) in [5.74, 6) is 0.941. The largest absolute Gasteiger partial charge is 0.390 e. The molecule has 0 unspecified atom stereocenters. The zero-order valence-electron chi connectivity index (χ0n) is 6.92. The van der Waals surface area contributed by atoms with Crippen molar-refractivity contribution >= 4 is 0 Å². The number of hydrogen-bond acceptors (Lipinski definition) is 2. The highest BCUT2D eigenvalue weighted by atomic mass is 16.3. The summed E-state index contributed by atoms with van der Waals surface area (Å²) in [6.45, 7) is 0. The normalized spacial score (nSPS) is 43.6. The van der Waals surface area contributed by atoms with E-state index in [1.807, 2.05) is 0 Å². The van der Waals surface area contributed by atoms with Crippen LogP contribution < -0.4 is 5.73 Å². The number of rotatable bonds is 3. The Hall–Kier alpha value is -0.0800. The first-order valence-corrected chi connectivity index (χ1v) is 4.66. The Labute approximate surface area is 67.8 Å². The lowest BCUT2D eigenvalue weighted by Gasteiger charge is -2.42. The molecule has 0 amide bonds. The Morgan fingerprint density at radius 3 is 2.45 bits per heavy atom. The van der Waals surface area contributed by atoms with Gasteiger partial charge in [-0.3, -0.25) is 0 Å². The van der Waals surface area contributed by atoms with Crippen LogP contribution in [-0.2, 0) is 0 Å². The van der Waals surface area contributed by atoms with E-state index >= 15 is 0 Å². The van der Waals surface area contributed by atoms with Crippen molar-refractivity contribution in [2.45, 2.75) is 50.2 Å². The van der Waals surface area contributed by atoms with E-state index in [-0.39, 0.29) is 11.6 Å². The van der Waals surface area contributed by atoms with Crippen LogP contribution in [0.4, 0.5) is 0 Å². The molecule has 0 aromatic heterocycles. The highest BCUT2D eigenvalue weighted by molar-refractivity contribution is 4.97. The van der Waals surface area contributed by atoms with E-state index in [9.17, 15) is 5.11 Å². The van der Waals surface area contributed by atoms with Crippen LogP contribution in [0.25, 0.3) is 0 Å². The first-order chi connectivity index (χ1) is 5.18. The summed E-state index contributed by atoms with van der Waals surface area (Å²) in [5, 5.41) is 9.78. The van der Waals surface area contributed by atoms with Gasteiger partial charge in [0.25, 0.3) is 0 Å². The third-order valence-corrected chi connectivity index (χ3v) is 3.00. The minimum atomic E-state index is -0.359. The van der Waals surface area contributed by atoms with Gasteiger partial charge in [-0.25, -0.2) is 0 Å². The van der Waals surface area contributed by atoms with E-state index in [0.29, 0.717) is 0 Å². The maximum Gasteiger partial charge on any atom is 0.0677 e. The van der Waals surface area contributed by atoms with E-state index in [1.165, 1.54) is 19.3 Å². The molecule has 0 aromatic rings. The Morgan fingerprint density at radius 1 is 1.36 bits per heavy atom. The number of hydrogen-bond donors (Lipinski definition) is 2.